The van der Waals surface area contributed by atoms with E-state index in [1.807, 2.05) is 0 Å². The number of fused-ring (bicyclic) bond motifs is 1. The van der Waals surface area contributed by atoms with E-state index in [0.29, 0.717) is 12.6 Å². The minimum absolute atomic E-state index is 0.0639. The van der Waals surface area contributed by atoms with Gasteiger partial charge in [0.15, 0.2) is 0 Å². The molecule has 2 aliphatic heterocycles. The predicted molar refractivity (Wildman–Crippen MR) is 54.0 cm³/mol. The molecule has 0 bridgehead atoms. The number of piperidine rings is 1. The summed E-state index contributed by atoms with van der Waals surface area (Å²) in [6.45, 7) is 1.71. The van der Waals surface area contributed by atoms with Crippen molar-refractivity contribution < 1.29 is 9.59 Å². The van der Waals surface area contributed by atoms with Gasteiger partial charge in [-0.2, -0.15) is 0 Å². The van der Waals surface area contributed by atoms with E-state index in [2.05, 4.69) is 5.32 Å². The fourth-order valence-corrected chi connectivity index (χ4v) is 2.76. The fraction of sp³-hybridized carbons (Fsp3) is 0.818. The Morgan fingerprint density at radius 2 is 2.00 bits per heavy atom. The van der Waals surface area contributed by atoms with Crippen LogP contribution in [0.2, 0.25) is 0 Å². The topological polar surface area (TPSA) is 49.4 Å². The Balaban J connectivity index is 1.54. The molecule has 1 saturated carbocycles. The zero-order valence-electron chi connectivity index (χ0n) is 8.74. The smallest absolute Gasteiger partial charge is 0.233 e. The second-order valence-electron chi connectivity index (χ2n) is 4.86. The normalized spacial score (nSPS) is 38.7. The van der Waals surface area contributed by atoms with Crippen LogP contribution in [0, 0.1) is 11.8 Å². The van der Waals surface area contributed by atoms with Crippen molar-refractivity contribution in [2.75, 3.05) is 13.1 Å². The van der Waals surface area contributed by atoms with Gasteiger partial charge in [-0.25, -0.2) is 0 Å². The van der Waals surface area contributed by atoms with Gasteiger partial charge in [0.2, 0.25) is 11.8 Å². The lowest BCUT2D eigenvalue weighted by molar-refractivity contribution is -0.141. The van der Waals surface area contributed by atoms with Crippen molar-refractivity contribution in [2.24, 2.45) is 11.8 Å². The zero-order valence-corrected chi connectivity index (χ0v) is 8.74. The summed E-state index contributed by atoms with van der Waals surface area (Å²) in [4.78, 5) is 24.8. The van der Waals surface area contributed by atoms with Gasteiger partial charge in [-0.15, -0.1) is 0 Å². The van der Waals surface area contributed by atoms with E-state index in [1.165, 1.54) is 17.7 Å². The van der Waals surface area contributed by atoms with Gasteiger partial charge in [0.05, 0.1) is 11.8 Å². The molecule has 4 heteroatoms. The van der Waals surface area contributed by atoms with E-state index < -0.39 is 0 Å². The van der Waals surface area contributed by atoms with E-state index >= 15 is 0 Å². The molecule has 0 aromatic rings. The summed E-state index contributed by atoms with van der Waals surface area (Å²) in [5.74, 6) is 0.300. The number of amides is 2. The van der Waals surface area contributed by atoms with E-state index in [0.717, 1.165) is 19.4 Å². The Bertz CT molecular complexity index is 290. The van der Waals surface area contributed by atoms with Crippen LogP contribution in [-0.4, -0.2) is 35.8 Å². The third kappa shape index (κ3) is 1.47. The minimum atomic E-state index is 0.0639. The van der Waals surface area contributed by atoms with Crippen LogP contribution < -0.4 is 5.32 Å². The summed E-state index contributed by atoms with van der Waals surface area (Å²) < 4.78 is 0. The predicted octanol–water partition coefficient (Wildman–Crippen LogP) is 0.133. The van der Waals surface area contributed by atoms with E-state index in [-0.39, 0.29) is 23.7 Å². The Kier molecular flexibility index (Phi) is 2.06. The molecule has 1 aliphatic carbocycles. The lowest BCUT2D eigenvalue weighted by atomic mass is 10.1. The quantitative estimate of drug-likeness (QED) is 0.671. The highest BCUT2D eigenvalue weighted by atomic mass is 16.2. The molecule has 2 saturated heterocycles. The molecular formula is C11H16N2O2. The Morgan fingerprint density at radius 3 is 2.60 bits per heavy atom. The minimum Gasteiger partial charge on any atom is -0.314 e. The van der Waals surface area contributed by atoms with Crippen molar-refractivity contribution in [3.05, 3.63) is 0 Å². The molecule has 2 amide bonds. The molecule has 2 heterocycles. The van der Waals surface area contributed by atoms with Crippen molar-refractivity contribution in [1.29, 1.82) is 0 Å². The van der Waals surface area contributed by atoms with Crippen LogP contribution >= 0.6 is 0 Å². The first-order valence-corrected chi connectivity index (χ1v) is 5.86. The van der Waals surface area contributed by atoms with Gasteiger partial charge < -0.3 is 5.32 Å². The van der Waals surface area contributed by atoms with Gasteiger partial charge in [-0.1, -0.05) is 0 Å². The standard InChI is InChI=1S/C11H16N2O2/c14-10-8-6-9(8)11(15)13(10)5-3-7-2-1-4-12-7/h7-9,12H,1-6H2. The van der Waals surface area contributed by atoms with E-state index in [1.54, 1.807) is 0 Å². The molecular weight excluding hydrogens is 192 g/mol. The first kappa shape index (κ1) is 9.33. The molecule has 1 N–H and O–H groups in total. The summed E-state index contributed by atoms with van der Waals surface area (Å²) in [7, 11) is 0. The summed E-state index contributed by atoms with van der Waals surface area (Å²) >= 11 is 0. The summed E-state index contributed by atoms with van der Waals surface area (Å²) in [6, 6.07) is 0.516. The second kappa shape index (κ2) is 3.30. The maximum Gasteiger partial charge on any atom is 0.233 e. The molecule has 0 radical (unpaired) electrons. The third-order valence-corrected chi connectivity index (χ3v) is 3.82. The number of hydrogen-bond acceptors (Lipinski definition) is 3. The molecule has 0 aromatic carbocycles. The highest BCUT2D eigenvalue weighted by Crippen LogP contribution is 2.46. The molecule has 3 rings (SSSR count). The lowest BCUT2D eigenvalue weighted by Gasteiger charge is -2.18. The van der Waals surface area contributed by atoms with Gasteiger partial charge in [0, 0.05) is 12.6 Å². The first-order valence-electron chi connectivity index (χ1n) is 5.86. The average molecular weight is 208 g/mol. The van der Waals surface area contributed by atoms with Gasteiger partial charge >= 0.3 is 0 Å². The number of likely N-dealkylation sites (tertiary alicyclic amines) is 1. The molecule has 15 heavy (non-hydrogen) atoms. The summed E-state index contributed by atoms with van der Waals surface area (Å²) in [6.07, 6.45) is 4.15. The van der Waals surface area contributed by atoms with Crippen LogP contribution in [-0.2, 0) is 9.59 Å². The number of nitrogens with zero attached hydrogens (tertiary/aromatic N) is 1. The molecule has 3 aliphatic rings. The van der Waals surface area contributed by atoms with Gasteiger partial charge in [-0.05, 0) is 32.2 Å². The number of rotatable bonds is 3. The SMILES string of the molecule is O=C1C2CC2C(=O)N1CCC1CCCN1. The highest BCUT2D eigenvalue weighted by Gasteiger charge is 2.58. The Hall–Kier alpha value is -0.900. The summed E-state index contributed by atoms with van der Waals surface area (Å²) in [5.41, 5.74) is 0. The molecule has 4 nitrogen and oxygen atoms in total. The number of nitrogens with one attached hydrogen (secondary N) is 1. The third-order valence-electron chi connectivity index (χ3n) is 3.82. The zero-order chi connectivity index (χ0) is 10.4. The van der Waals surface area contributed by atoms with Crippen molar-refractivity contribution in [3.63, 3.8) is 0 Å². The lowest BCUT2D eigenvalue weighted by Crippen LogP contribution is -2.36. The Labute approximate surface area is 89.0 Å². The van der Waals surface area contributed by atoms with Crippen LogP contribution in [0.5, 0.6) is 0 Å². The molecule has 0 spiro atoms. The van der Waals surface area contributed by atoms with Crippen molar-refractivity contribution in [1.82, 2.24) is 10.2 Å². The van der Waals surface area contributed by atoms with Crippen LogP contribution in [0.3, 0.4) is 0 Å². The van der Waals surface area contributed by atoms with E-state index in [4.69, 9.17) is 0 Å². The van der Waals surface area contributed by atoms with Crippen LogP contribution in [0.25, 0.3) is 0 Å². The molecule has 3 fully saturated rings. The number of carbonyl (C=O) groups is 2. The van der Waals surface area contributed by atoms with Crippen molar-refractivity contribution >= 4 is 11.8 Å². The van der Waals surface area contributed by atoms with Crippen LogP contribution in [0.4, 0.5) is 0 Å². The number of hydrogen-bond donors (Lipinski definition) is 1. The van der Waals surface area contributed by atoms with Crippen molar-refractivity contribution in [3.8, 4) is 0 Å². The molecule has 3 unspecified atom stereocenters. The second-order valence-corrected chi connectivity index (χ2v) is 4.86. The maximum absolute atomic E-state index is 11.6. The van der Waals surface area contributed by atoms with Crippen molar-refractivity contribution in [2.45, 2.75) is 31.7 Å². The van der Waals surface area contributed by atoms with Gasteiger partial charge in [0.25, 0.3) is 0 Å². The largest absolute Gasteiger partial charge is 0.314 e. The number of imide groups is 1. The average Bonchev–Trinajstić information content (AvgIpc) is 2.80. The van der Waals surface area contributed by atoms with E-state index in [9.17, 15) is 9.59 Å². The summed E-state index contributed by atoms with van der Waals surface area (Å²) in [5, 5.41) is 3.38. The first-order chi connectivity index (χ1) is 7.27. The Morgan fingerprint density at radius 1 is 1.27 bits per heavy atom. The fourth-order valence-electron chi connectivity index (χ4n) is 2.76. The van der Waals surface area contributed by atoms with Gasteiger partial charge in [0.1, 0.15) is 0 Å². The number of carbonyl (C=O) groups excluding carboxylic acids is 2. The maximum atomic E-state index is 11.6. The monoisotopic (exact) mass is 208 g/mol. The molecule has 3 atom stereocenters. The molecule has 82 valence electrons. The van der Waals surface area contributed by atoms with Crippen LogP contribution in [0.1, 0.15) is 25.7 Å². The van der Waals surface area contributed by atoms with Crippen LogP contribution in [0.15, 0.2) is 0 Å². The molecule has 0 aromatic heterocycles. The highest BCUT2D eigenvalue weighted by molar-refractivity contribution is 6.08. The van der Waals surface area contributed by atoms with Gasteiger partial charge in [-0.3, -0.25) is 14.5 Å².